The fourth-order valence-electron chi connectivity index (χ4n) is 1.70. The second kappa shape index (κ2) is 33.8. The fraction of sp³-hybridized carbons (Fsp3) is 0.950. The number of quaternary nitrogens is 1. The molecular formula is C40H80NO8P. The summed E-state index contributed by atoms with van der Waals surface area (Å²) in [7, 11) is -7.47. The van der Waals surface area contributed by atoms with Gasteiger partial charge in [-0.2, -0.15) is 0 Å². The zero-order chi connectivity index (χ0) is 103. The van der Waals surface area contributed by atoms with Gasteiger partial charge in [0, 0.05) is 97.7 Å². The number of hydrogen-bond acceptors (Lipinski definition) is 8. The van der Waals surface area contributed by atoms with E-state index < -0.39 is 270 Å². The largest absolute Gasteiger partial charge is 0.756 e. The molecule has 0 aliphatic rings. The van der Waals surface area contributed by atoms with Gasteiger partial charge in [-0.3, -0.25) is 14.2 Å². The Morgan fingerprint density at radius 1 is 0.600 bits per heavy atom. The van der Waals surface area contributed by atoms with E-state index in [2.05, 4.69) is 18.5 Å². The van der Waals surface area contributed by atoms with Gasteiger partial charge in [0.2, 0.25) is 0 Å². The van der Waals surface area contributed by atoms with Crippen molar-refractivity contribution < 1.29 is 145 Å². The van der Waals surface area contributed by atoms with E-state index in [-0.39, 0.29) is 0 Å². The summed E-state index contributed by atoms with van der Waals surface area (Å²) in [6.07, 6.45) is -156. The van der Waals surface area contributed by atoms with Crippen molar-refractivity contribution in [3.8, 4) is 0 Å². The predicted molar refractivity (Wildman–Crippen MR) is 204 cm³/mol. The minimum Gasteiger partial charge on any atom is -0.756 e. The molecule has 0 heterocycles. The van der Waals surface area contributed by atoms with Crippen LogP contribution in [-0.2, 0) is 32.7 Å². The number of carbonyl (C=O) groups is 2. The Kier molecular flexibility index (Phi) is 5.05. The number of ether oxygens (including phenoxy) is 2. The van der Waals surface area contributed by atoms with Gasteiger partial charge in [-0.1, -0.05) is 167 Å². The molecule has 0 aliphatic heterocycles. The Balaban J connectivity index is 8.96. The Hall–Kier alpha value is -0.990. The van der Waals surface area contributed by atoms with E-state index in [1.54, 1.807) is 0 Å². The van der Waals surface area contributed by atoms with Crippen molar-refractivity contribution >= 4 is 19.8 Å². The van der Waals surface area contributed by atoms with Gasteiger partial charge in [-0.15, -0.1) is 0 Å². The average molecular weight is 810 g/mol. The summed E-state index contributed by atoms with van der Waals surface area (Å²) in [5.74, 6) is -6.80. The lowest BCUT2D eigenvalue weighted by molar-refractivity contribution is -0.870. The Morgan fingerprint density at radius 2 is 1.00 bits per heavy atom. The van der Waals surface area contributed by atoms with Crippen LogP contribution in [0.3, 0.4) is 0 Å². The molecule has 50 heavy (non-hydrogen) atoms. The molecule has 0 amide bonds. The number of hydrogen-bond donors (Lipinski definition) is 0. The van der Waals surface area contributed by atoms with E-state index in [0.717, 1.165) is 0 Å². The van der Waals surface area contributed by atoms with Crippen LogP contribution in [0.5, 0.6) is 0 Å². The Bertz CT molecular complexity index is 3870. The van der Waals surface area contributed by atoms with Crippen LogP contribution in [0.4, 0.5) is 0 Å². The van der Waals surface area contributed by atoms with Crippen LogP contribution >= 0.6 is 7.82 Å². The lowest BCUT2D eigenvalue weighted by Crippen LogP contribution is -2.37. The van der Waals surface area contributed by atoms with Crippen LogP contribution in [0, 0.1) is 0 Å². The van der Waals surface area contributed by atoms with E-state index in [1.807, 2.05) is 0 Å². The molecular weight excluding hydrogens is 653 g/mol. The highest BCUT2D eigenvalue weighted by atomic mass is 31.2. The zero-order valence-electron chi connectivity index (χ0n) is 99.7. The fourth-order valence-corrected chi connectivity index (χ4v) is 2.25. The highest BCUT2D eigenvalue weighted by Gasteiger charge is 2.21. The van der Waals surface area contributed by atoms with Gasteiger partial charge in [0.15, 0.2) is 6.10 Å². The Morgan fingerprint density at radius 3 is 1.42 bits per heavy atom. The first kappa shape index (κ1) is 7.47. The van der Waals surface area contributed by atoms with Gasteiger partial charge in [0.1, 0.15) is 19.7 Å². The van der Waals surface area contributed by atoms with Gasteiger partial charge < -0.3 is 27.9 Å². The second-order valence-corrected chi connectivity index (χ2v) is 8.18. The molecule has 0 radical (unpaired) electrons. The summed E-state index contributed by atoms with van der Waals surface area (Å²) in [6.45, 7) is -39.7. The van der Waals surface area contributed by atoms with E-state index in [0.29, 0.717) is 0 Å². The van der Waals surface area contributed by atoms with Crippen LogP contribution in [0.2, 0.25) is 0 Å². The van der Waals surface area contributed by atoms with Gasteiger partial charge in [0.25, 0.3) is 7.82 Å². The van der Waals surface area contributed by atoms with E-state index in [4.69, 9.17) is 103 Å². The smallest absolute Gasteiger partial charge is 0.306 e. The predicted octanol–water partition coefficient (Wildman–Crippen LogP) is 10.6. The number of rotatable bonds is 38. The SMILES string of the molecule is [2H]C([2H])([2H])C([2H])([2H])C([2H])([2H])C([2H])([2H])C([2H])([2H])C([2H])([2H])C([2H])([2H])C([2H])([2H])C([2H])([2H])C([2H])([2H])C([2H])([2H])C([2H])([2H])C([2H])([2H])C([2H])([2H])C([2H])([2H])C(=O)OC[C@H](COP(=O)([O-])OC([2H])([2H])C([2H])([2H])[N+](C([2H])([2H])[2H])(C([2H])([2H])[2H])C([2H])([2H])[2H])OC(=O)C([2H])([2H])C([2H])([2H])C([2H])([2H])C([2H])([2H])C([2H])([2H])C([2H])([2H])C([2H])([2H])C([2H])([2H])C([2H])([2H])C([2H])([2H])C([2H])([2H])C([2H])([2H])C([2H])([2H])C([2H])([2H])C([2H])([2H])[2H]. The number of phosphoric ester groups is 1. The minimum atomic E-state index is -7.47. The van der Waals surface area contributed by atoms with Crippen LogP contribution in [0.25, 0.3) is 0 Å². The average Bonchev–Trinajstić information content (AvgIpc) is 0.682. The van der Waals surface area contributed by atoms with Crippen LogP contribution < -0.4 is 4.89 Å². The molecule has 298 valence electrons. The van der Waals surface area contributed by atoms with E-state index >= 15 is 0 Å². The quantitative estimate of drug-likeness (QED) is 0.0344. The lowest BCUT2D eigenvalue weighted by atomic mass is 10.0. The van der Waals surface area contributed by atoms with Crippen molar-refractivity contribution in [1.29, 1.82) is 0 Å². The molecule has 1 unspecified atom stereocenters. The van der Waals surface area contributed by atoms with Crippen molar-refractivity contribution in [2.45, 2.75) is 198 Å². The maximum absolute atomic E-state index is 14.2. The maximum Gasteiger partial charge on any atom is 0.306 e. The first-order chi connectivity index (χ1) is 52.6. The highest BCUT2D eigenvalue weighted by molar-refractivity contribution is 7.45. The normalized spacial score (nSPS) is 45.7. The first-order valence-corrected chi connectivity index (χ1v) is 13.5. The molecule has 0 aromatic rings. The zero-order valence-corrected chi connectivity index (χ0v) is 25.5. The van der Waals surface area contributed by atoms with Gasteiger partial charge in [-0.05, 0) is 12.7 Å². The van der Waals surface area contributed by atoms with Gasteiger partial charge in [-0.25, -0.2) is 0 Å². The van der Waals surface area contributed by atoms with Gasteiger partial charge >= 0.3 is 11.9 Å². The molecule has 0 rings (SSSR count). The number of phosphoric acid groups is 1. The maximum atomic E-state index is 14.2. The first-order valence-electron chi connectivity index (χ1n) is 49.5. The number of esters is 2. The van der Waals surface area contributed by atoms with Crippen LogP contribution in [0.15, 0.2) is 0 Å². The summed E-state index contributed by atoms with van der Waals surface area (Å²) in [5.41, 5.74) is 0. The van der Waals surface area contributed by atoms with Crippen molar-refractivity contribution in [3.63, 3.8) is 0 Å². The second-order valence-electron chi connectivity index (χ2n) is 6.84. The third-order valence-electron chi connectivity index (χ3n) is 3.29. The molecule has 0 N–H and O–H groups in total. The van der Waals surface area contributed by atoms with Gasteiger partial charge in [0.05, 0.1) is 45.4 Å². The molecule has 0 bridgehead atoms. The van der Waals surface area contributed by atoms with E-state index in [9.17, 15) is 19.0 Å². The molecule has 10 heteroatoms. The highest BCUT2D eigenvalue weighted by Crippen LogP contribution is 2.38. The lowest BCUT2D eigenvalue weighted by Gasteiger charge is -2.28. The summed E-state index contributed by atoms with van der Waals surface area (Å²) < 4.78 is 639. The third kappa shape index (κ3) is 36.8. The van der Waals surface area contributed by atoms with Crippen molar-refractivity contribution in [2.24, 2.45) is 0 Å². The molecule has 0 aliphatic carbocycles. The van der Waals surface area contributed by atoms with Crippen molar-refractivity contribution in [3.05, 3.63) is 0 Å². The summed E-state index contributed by atoms with van der Waals surface area (Å²) in [5, 5.41) is 0. The molecule has 0 aromatic heterocycles. The topological polar surface area (TPSA) is 111 Å². The van der Waals surface area contributed by atoms with Crippen LogP contribution in [0.1, 0.15) is 295 Å². The standard InChI is InChI=1S/C40H80NO8P/c1-6-8-10-12-14-16-18-20-22-24-26-28-30-32-39(42)46-36-38(37-48-50(44,45)47-35-34-41(3,4)5)49-40(43)33-31-29-27-25-23-21-19-17-15-13-11-9-7-2/h38H,6-37H2,1-5H3/t38-/m1/s1/i1D3,2D3,3D3,4D3,5D3,6D2,7D2,8D2,9D2,10D2,11D2,12D2,13D2,14D2,15D2,16D2,17D2,18D2,19D2,20D2,21D2,22D2,23D2,24D2,25D2,26D2,27D2,28D2,29D2,30D2,31D2,32D2,33D2,34D2,35D2. The molecule has 0 spiro atoms. The van der Waals surface area contributed by atoms with Crippen molar-refractivity contribution in [2.75, 3.05) is 47.2 Å². The molecule has 9 nitrogen and oxygen atoms in total. The molecule has 0 saturated heterocycles. The number of nitrogens with zero attached hydrogens (tertiary/aromatic N) is 1. The monoisotopic (exact) mass is 809 g/mol. The third-order valence-corrected chi connectivity index (χ3v) is 4.07. The summed E-state index contributed by atoms with van der Waals surface area (Å²) in [4.78, 5) is 41.7. The molecule has 2 atom stereocenters. The molecule has 0 saturated carbocycles. The molecule has 0 fully saturated rings. The molecule has 0 aromatic carbocycles. The number of carbonyl (C=O) groups excluding carboxylic acids is 2. The summed E-state index contributed by atoms with van der Waals surface area (Å²) >= 11 is 0. The minimum absolute atomic E-state index is 2.71. The van der Waals surface area contributed by atoms with E-state index in [1.165, 1.54) is 0 Å². The van der Waals surface area contributed by atoms with Crippen LogP contribution in [-0.4, -0.2) is 69.7 Å². The summed E-state index contributed by atoms with van der Waals surface area (Å²) in [6, 6.07) is 0. The number of likely N-dealkylation sites (N-methyl/N-ethyl adjacent to an activating group) is 1. The Labute approximate surface area is 413 Å². The van der Waals surface area contributed by atoms with Crippen molar-refractivity contribution in [1.82, 2.24) is 0 Å².